The molecule has 0 spiro atoms. The molecule has 1 aromatic heterocycles. The van der Waals surface area contributed by atoms with Gasteiger partial charge in [-0.1, -0.05) is 12.5 Å². The SMILES string of the molecule is O=C(/C=C/c1cccs1)NCC1CCC1. The Morgan fingerprint density at radius 1 is 1.60 bits per heavy atom. The number of thiophene rings is 1. The molecule has 0 unspecified atom stereocenters. The quantitative estimate of drug-likeness (QED) is 0.778. The minimum Gasteiger partial charge on any atom is -0.352 e. The van der Waals surface area contributed by atoms with Crippen LogP contribution in [0.3, 0.4) is 0 Å². The molecule has 1 fully saturated rings. The molecule has 2 nitrogen and oxygen atoms in total. The zero-order chi connectivity index (χ0) is 10.5. The van der Waals surface area contributed by atoms with Gasteiger partial charge in [0.15, 0.2) is 0 Å². The van der Waals surface area contributed by atoms with E-state index in [1.54, 1.807) is 17.4 Å². The van der Waals surface area contributed by atoms with Crippen molar-refractivity contribution in [2.45, 2.75) is 19.3 Å². The molecule has 1 aromatic rings. The minimum atomic E-state index is 0.0234. The van der Waals surface area contributed by atoms with Crippen LogP contribution in [-0.2, 0) is 4.79 Å². The van der Waals surface area contributed by atoms with E-state index >= 15 is 0 Å². The van der Waals surface area contributed by atoms with Crippen molar-refractivity contribution in [3.63, 3.8) is 0 Å². The van der Waals surface area contributed by atoms with Crippen molar-refractivity contribution in [3.05, 3.63) is 28.5 Å². The molecule has 80 valence electrons. The van der Waals surface area contributed by atoms with Crippen molar-refractivity contribution < 1.29 is 4.79 Å². The Morgan fingerprint density at radius 3 is 3.07 bits per heavy atom. The first-order valence-corrected chi connectivity index (χ1v) is 6.22. The van der Waals surface area contributed by atoms with E-state index in [4.69, 9.17) is 0 Å². The Balaban J connectivity index is 1.71. The average Bonchev–Trinajstić information content (AvgIpc) is 2.64. The summed E-state index contributed by atoms with van der Waals surface area (Å²) in [5.74, 6) is 0.749. The van der Waals surface area contributed by atoms with Crippen molar-refractivity contribution in [3.8, 4) is 0 Å². The first kappa shape index (κ1) is 10.4. The molecular formula is C12H15NOS. The van der Waals surface area contributed by atoms with E-state index in [1.807, 2.05) is 23.6 Å². The van der Waals surface area contributed by atoms with Gasteiger partial charge in [-0.25, -0.2) is 0 Å². The predicted molar refractivity (Wildman–Crippen MR) is 63.7 cm³/mol. The van der Waals surface area contributed by atoms with E-state index < -0.39 is 0 Å². The van der Waals surface area contributed by atoms with Crippen LogP contribution in [0.25, 0.3) is 6.08 Å². The first-order valence-electron chi connectivity index (χ1n) is 5.34. The van der Waals surface area contributed by atoms with Crippen LogP contribution < -0.4 is 5.32 Å². The Labute approximate surface area is 94.0 Å². The number of nitrogens with one attached hydrogen (secondary N) is 1. The highest BCUT2D eigenvalue weighted by molar-refractivity contribution is 7.10. The summed E-state index contributed by atoms with van der Waals surface area (Å²) in [4.78, 5) is 12.5. The van der Waals surface area contributed by atoms with E-state index in [1.165, 1.54) is 19.3 Å². The van der Waals surface area contributed by atoms with Crippen LogP contribution >= 0.6 is 11.3 Å². The molecule has 0 aliphatic heterocycles. The number of hydrogen-bond donors (Lipinski definition) is 1. The van der Waals surface area contributed by atoms with Crippen LogP contribution in [0, 0.1) is 5.92 Å². The summed E-state index contributed by atoms with van der Waals surface area (Å²) in [6.07, 6.45) is 7.35. The number of rotatable bonds is 4. The molecule has 0 radical (unpaired) electrons. The van der Waals surface area contributed by atoms with Crippen LogP contribution in [0.1, 0.15) is 24.1 Å². The van der Waals surface area contributed by atoms with Crippen molar-refractivity contribution in [2.75, 3.05) is 6.54 Å². The fourth-order valence-electron chi connectivity index (χ4n) is 1.54. The number of carbonyl (C=O) groups excluding carboxylic acids is 1. The molecule has 1 saturated carbocycles. The highest BCUT2D eigenvalue weighted by Gasteiger charge is 2.16. The molecule has 2 rings (SSSR count). The molecular weight excluding hydrogens is 206 g/mol. The highest BCUT2D eigenvalue weighted by Crippen LogP contribution is 2.25. The average molecular weight is 221 g/mol. The van der Waals surface area contributed by atoms with Crippen LogP contribution in [0.5, 0.6) is 0 Å². The fourth-order valence-corrected chi connectivity index (χ4v) is 2.16. The van der Waals surface area contributed by atoms with Crippen LogP contribution in [0.2, 0.25) is 0 Å². The third-order valence-corrected chi connectivity index (χ3v) is 3.57. The Morgan fingerprint density at radius 2 is 2.47 bits per heavy atom. The standard InChI is InChI=1S/C12H15NOS/c14-12(13-9-10-3-1-4-10)7-6-11-5-2-8-15-11/h2,5-8,10H,1,3-4,9H2,(H,13,14)/b7-6+. The molecule has 0 atom stereocenters. The third kappa shape index (κ3) is 3.20. The zero-order valence-electron chi connectivity index (χ0n) is 8.61. The van der Waals surface area contributed by atoms with E-state index in [2.05, 4.69) is 5.32 Å². The van der Waals surface area contributed by atoms with Crippen molar-refractivity contribution in [1.82, 2.24) is 5.32 Å². The summed E-state index contributed by atoms with van der Waals surface area (Å²) >= 11 is 1.64. The monoisotopic (exact) mass is 221 g/mol. The largest absolute Gasteiger partial charge is 0.352 e. The maximum Gasteiger partial charge on any atom is 0.244 e. The summed E-state index contributed by atoms with van der Waals surface area (Å²) in [6.45, 7) is 0.841. The molecule has 15 heavy (non-hydrogen) atoms. The van der Waals surface area contributed by atoms with Gasteiger partial charge in [-0.3, -0.25) is 4.79 Å². The van der Waals surface area contributed by atoms with Gasteiger partial charge in [-0.15, -0.1) is 11.3 Å². The van der Waals surface area contributed by atoms with Crippen molar-refractivity contribution >= 4 is 23.3 Å². The summed E-state index contributed by atoms with van der Waals surface area (Å²) in [6, 6.07) is 3.98. The Bertz CT molecular complexity index is 339. The van der Waals surface area contributed by atoms with Crippen LogP contribution in [0.15, 0.2) is 23.6 Å². The van der Waals surface area contributed by atoms with Gasteiger partial charge in [0, 0.05) is 17.5 Å². The molecule has 1 amide bonds. The molecule has 1 aliphatic rings. The van der Waals surface area contributed by atoms with Gasteiger partial charge < -0.3 is 5.32 Å². The lowest BCUT2D eigenvalue weighted by Gasteiger charge is -2.24. The van der Waals surface area contributed by atoms with E-state index in [0.717, 1.165) is 17.3 Å². The second-order valence-electron chi connectivity index (χ2n) is 3.89. The number of hydrogen-bond acceptors (Lipinski definition) is 2. The Kier molecular flexibility index (Phi) is 3.56. The first-order chi connectivity index (χ1) is 7.34. The summed E-state index contributed by atoms with van der Waals surface area (Å²) in [5.41, 5.74) is 0. The van der Waals surface area contributed by atoms with Gasteiger partial charge in [0.05, 0.1) is 0 Å². The smallest absolute Gasteiger partial charge is 0.244 e. The topological polar surface area (TPSA) is 29.1 Å². The molecule has 3 heteroatoms. The van der Waals surface area contributed by atoms with Gasteiger partial charge in [-0.05, 0) is 36.3 Å². The lowest BCUT2D eigenvalue weighted by Crippen LogP contribution is -2.30. The minimum absolute atomic E-state index is 0.0234. The number of carbonyl (C=O) groups is 1. The summed E-state index contributed by atoms with van der Waals surface area (Å²) in [5, 5.41) is 4.93. The lowest BCUT2D eigenvalue weighted by molar-refractivity contribution is -0.116. The number of amides is 1. The maximum absolute atomic E-state index is 11.4. The van der Waals surface area contributed by atoms with Gasteiger partial charge in [0.2, 0.25) is 5.91 Å². The lowest BCUT2D eigenvalue weighted by atomic mass is 9.85. The maximum atomic E-state index is 11.4. The molecule has 0 saturated heterocycles. The predicted octanol–water partition coefficient (Wildman–Crippen LogP) is 2.68. The third-order valence-electron chi connectivity index (χ3n) is 2.73. The second kappa shape index (κ2) is 5.12. The van der Waals surface area contributed by atoms with E-state index in [9.17, 15) is 4.79 Å². The van der Waals surface area contributed by atoms with Gasteiger partial charge in [0.25, 0.3) is 0 Å². The van der Waals surface area contributed by atoms with Crippen molar-refractivity contribution in [1.29, 1.82) is 0 Å². The Hall–Kier alpha value is -1.09. The van der Waals surface area contributed by atoms with Crippen LogP contribution in [0.4, 0.5) is 0 Å². The van der Waals surface area contributed by atoms with E-state index in [-0.39, 0.29) is 5.91 Å². The summed E-state index contributed by atoms with van der Waals surface area (Å²) < 4.78 is 0. The molecule has 1 N–H and O–H groups in total. The second-order valence-corrected chi connectivity index (χ2v) is 4.87. The molecule has 0 bridgehead atoms. The van der Waals surface area contributed by atoms with Crippen LogP contribution in [-0.4, -0.2) is 12.5 Å². The summed E-state index contributed by atoms with van der Waals surface area (Å²) in [7, 11) is 0. The molecule has 1 heterocycles. The van der Waals surface area contributed by atoms with Crippen molar-refractivity contribution in [2.24, 2.45) is 5.92 Å². The van der Waals surface area contributed by atoms with Gasteiger partial charge >= 0.3 is 0 Å². The highest BCUT2D eigenvalue weighted by atomic mass is 32.1. The zero-order valence-corrected chi connectivity index (χ0v) is 9.43. The van der Waals surface area contributed by atoms with Gasteiger partial charge in [0.1, 0.15) is 0 Å². The molecule has 0 aromatic carbocycles. The van der Waals surface area contributed by atoms with E-state index in [0.29, 0.717) is 0 Å². The molecule has 1 aliphatic carbocycles. The fraction of sp³-hybridized carbons (Fsp3) is 0.417. The normalized spacial score (nSPS) is 16.5. The van der Waals surface area contributed by atoms with Gasteiger partial charge in [-0.2, -0.15) is 0 Å².